The van der Waals surface area contributed by atoms with E-state index in [1.54, 1.807) is 23.9 Å². The molecule has 2 aromatic rings. The number of carbonyl (C=O) groups excluding carboxylic acids is 1. The minimum Gasteiger partial charge on any atom is -0.379 e. The van der Waals surface area contributed by atoms with Crippen molar-refractivity contribution in [3.63, 3.8) is 0 Å². The van der Waals surface area contributed by atoms with Gasteiger partial charge in [-0.05, 0) is 48.6 Å². The van der Waals surface area contributed by atoms with Gasteiger partial charge in [-0.3, -0.25) is 9.79 Å². The molecule has 5 nitrogen and oxygen atoms in total. The van der Waals surface area contributed by atoms with Gasteiger partial charge in [-0.2, -0.15) is 0 Å². The maximum absolute atomic E-state index is 12.3. The van der Waals surface area contributed by atoms with E-state index in [0.717, 1.165) is 29.8 Å². The second-order valence-corrected chi connectivity index (χ2v) is 7.86. The number of benzene rings is 1. The Morgan fingerprint density at radius 1 is 1.36 bits per heavy atom. The van der Waals surface area contributed by atoms with Gasteiger partial charge in [0.1, 0.15) is 5.69 Å². The van der Waals surface area contributed by atoms with Crippen LogP contribution in [0.5, 0.6) is 0 Å². The Kier molecular flexibility index (Phi) is 4.17. The van der Waals surface area contributed by atoms with E-state index in [2.05, 4.69) is 16.4 Å². The maximum Gasteiger partial charge on any atom is 0.274 e. The lowest BCUT2D eigenvalue weighted by atomic mass is 10.0. The lowest BCUT2D eigenvalue weighted by molar-refractivity contribution is 0.102. The zero-order chi connectivity index (χ0) is 17.4. The molecule has 1 amide bonds. The lowest BCUT2D eigenvalue weighted by Crippen LogP contribution is -2.15. The van der Waals surface area contributed by atoms with Crippen LogP contribution in [-0.2, 0) is 5.54 Å². The molecule has 0 saturated heterocycles. The van der Waals surface area contributed by atoms with Gasteiger partial charge >= 0.3 is 0 Å². The second kappa shape index (κ2) is 6.35. The molecule has 2 atom stereocenters. The van der Waals surface area contributed by atoms with Gasteiger partial charge in [0.15, 0.2) is 5.17 Å². The van der Waals surface area contributed by atoms with Crippen molar-refractivity contribution in [1.29, 1.82) is 0 Å². The number of fused-ring (bicyclic) bond motifs is 1. The van der Waals surface area contributed by atoms with Crippen molar-refractivity contribution in [2.24, 2.45) is 16.6 Å². The number of aliphatic imine (C=N–C) groups is 1. The van der Waals surface area contributed by atoms with Gasteiger partial charge in [0, 0.05) is 17.6 Å². The molecule has 1 aliphatic carbocycles. The summed E-state index contributed by atoms with van der Waals surface area (Å²) in [5.41, 5.74) is 7.94. The predicted octanol–water partition coefficient (Wildman–Crippen LogP) is 3.65. The minimum atomic E-state index is -0.266. The van der Waals surface area contributed by atoms with Crippen molar-refractivity contribution < 1.29 is 4.79 Å². The fourth-order valence-corrected chi connectivity index (χ4v) is 4.27. The van der Waals surface area contributed by atoms with E-state index in [-0.39, 0.29) is 11.4 Å². The van der Waals surface area contributed by atoms with Crippen molar-refractivity contribution in [1.82, 2.24) is 4.98 Å². The quantitative estimate of drug-likeness (QED) is 0.861. The largest absolute Gasteiger partial charge is 0.379 e. The molecule has 0 unspecified atom stereocenters. The Bertz CT molecular complexity index is 854. The highest BCUT2D eigenvalue weighted by atomic mass is 35.5. The average molecular weight is 373 g/mol. The molecule has 0 spiro atoms. The van der Waals surface area contributed by atoms with Gasteiger partial charge < -0.3 is 11.1 Å². The van der Waals surface area contributed by atoms with Gasteiger partial charge in [0.2, 0.25) is 0 Å². The molecule has 1 fully saturated rings. The molecule has 2 heterocycles. The van der Waals surface area contributed by atoms with E-state index in [1.807, 2.05) is 18.2 Å². The molecule has 2 aliphatic rings. The highest BCUT2D eigenvalue weighted by molar-refractivity contribution is 8.13. The highest BCUT2D eigenvalue weighted by Gasteiger charge is 2.56. The fourth-order valence-electron chi connectivity index (χ4n) is 3.32. The summed E-state index contributed by atoms with van der Waals surface area (Å²) in [7, 11) is 0. The third-order valence-corrected chi connectivity index (χ3v) is 5.73. The molecule has 1 saturated carbocycles. The molecule has 0 radical (unpaired) electrons. The van der Waals surface area contributed by atoms with Gasteiger partial charge in [-0.1, -0.05) is 35.5 Å². The number of pyridine rings is 1. The summed E-state index contributed by atoms with van der Waals surface area (Å²) in [4.78, 5) is 21.1. The number of amides is 1. The molecule has 0 bridgehead atoms. The number of thioether (sulfide) groups is 1. The number of hydrogen-bond acceptors (Lipinski definition) is 5. The summed E-state index contributed by atoms with van der Waals surface area (Å²) in [6, 6.07) is 11.1. The Hall–Kier alpha value is -2.05. The summed E-state index contributed by atoms with van der Waals surface area (Å²) < 4.78 is 0. The van der Waals surface area contributed by atoms with Gasteiger partial charge in [-0.15, -0.1) is 0 Å². The average Bonchev–Trinajstić information content (AvgIpc) is 3.30. The van der Waals surface area contributed by atoms with Crippen LogP contribution in [0, 0.1) is 5.92 Å². The predicted molar refractivity (Wildman–Crippen MR) is 102 cm³/mol. The van der Waals surface area contributed by atoms with E-state index < -0.39 is 0 Å². The minimum absolute atomic E-state index is 0.215. The highest BCUT2D eigenvalue weighted by Crippen LogP contribution is 2.59. The number of rotatable bonds is 3. The Morgan fingerprint density at radius 2 is 2.24 bits per heavy atom. The van der Waals surface area contributed by atoms with E-state index in [4.69, 9.17) is 22.3 Å². The van der Waals surface area contributed by atoms with Crippen LogP contribution in [0.3, 0.4) is 0 Å². The number of halogens is 1. The summed E-state index contributed by atoms with van der Waals surface area (Å²) in [5.74, 6) is 1.28. The Balaban J connectivity index is 1.57. The van der Waals surface area contributed by atoms with Crippen LogP contribution in [0.2, 0.25) is 5.02 Å². The first-order valence-corrected chi connectivity index (χ1v) is 9.45. The number of nitrogens with two attached hydrogens (primary N) is 1. The topological polar surface area (TPSA) is 80.4 Å². The number of nitrogens with zero attached hydrogens (tertiary/aromatic N) is 2. The molecule has 25 heavy (non-hydrogen) atoms. The SMILES string of the molecule is NC1=N[C@]2(c3cccc(NC(=O)c4ccc(Cl)cn4)c3)C[C@@H]2CCS1. The van der Waals surface area contributed by atoms with Crippen molar-refractivity contribution >= 4 is 40.1 Å². The molecule has 3 N–H and O–H groups in total. The van der Waals surface area contributed by atoms with Crippen molar-refractivity contribution in [2.75, 3.05) is 11.1 Å². The summed E-state index contributed by atoms with van der Waals surface area (Å²) in [6.07, 6.45) is 3.59. The van der Waals surface area contributed by atoms with E-state index in [0.29, 0.717) is 21.8 Å². The molecule has 7 heteroatoms. The molecule has 1 aromatic carbocycles. The second-order valence-electron chi connectivity index (χ2n) is 6.31. The van der Waals surface area contributed by atoms with E-state index >= 15 is 0 Å². The number of aromatic nitrogens is 1. The van der Waals surface area contributed by atoms with Gasteiger partial charge in [0.25, 0.3) is 5.91 Å². The maximum atomic E-state index is 12.3. The van der Waals surface area contributed by atoms with Crippen molar-refractivity contribution in [2.45, 2.75) is 18.4 Å². The number of carbonyl (C=O) groups is 1. The van der Waals surface area contributed by atoms with Crippen molar-refractivity contribution in [3.8, 4) is 0 Å². The Morgan fingerprint density at radius 3 is 3.04 bits per heavy atom. The number of amidine groups is 1. The Labute approximate surface area is 155 Å². The molecular formula is C18H17ClN4OS. The first-order chi connectivity index (χ1) is 12.1. The van der Waals surface area contributed by atoms with Gasteiger partial charge in [0.05, 0.1) is 10.6 Å². The first-order valence-electron chi connectivity index (χ1n) is 8.08. The van der Waals surface area contributed by atoms with Crippen molar-refractivity contribution in [3.05, 3.63) is 58.9 Å². The molecular weight excluding hydrogens is 356 g/mol. The number of nitrogens with one attached hydrogen (secondary N) is 1. The zero-order valence-electron chi connectivity index (χ0n) is 13.4. The summed E-state index contributed by atoms with van der Waals surface area (Å²) in [6.45, 7) is 0. The third-order valence-electron chi connectivity index (χ3n) is 4.68. The third kappa shape index (κ3) is 3.24. The van der Waals surface area contributed by atoms with Crippen LogP contribution >= 0.6 is 23.4 Å². The monoisotopic (exact) mass is 372 g/mol. The van der Waals surface area contributed by atoms with Crippen LogP contribution < -0.4 is 11.1 Å². The van der Waals surface area contributed by atoms with Crippen LogP contribution in [0.25, 0.3) is 0 Å². The standard InChI is InChI=1S/C18H17ClN4OS/c19-13-4-5-15(21-10-13)16(24)22-14-3-1-2-11(8-14)18-9-12(18)6-7-25-17(20)23-18/h1-5,8,10,12H,6-7,9H2,(H2,20,23)(H,22,24)/t12-,18-/m0/s1. The van der Waals surface area contributed by atoms with E-state index in [9.17, 15) is 4.79 Å². The molecule has 1 aliphatic heterocycles. The van der Waals surface area contributed by atoms with Crippen LogP contribution in [0.15, 0.2) is 47.6 Å². The fraction of sp³-hybridized carbons (Fsp3) is 0.278. The normalized spacial score (nSPS) is 24.7. The van der Waals surface area contributed by atoms with Crippen LogP contribution in [0.4, 0.5) is 5.69 Å². The summed E-state index contributed by atoms with van der Waals surface area (Å²) in [5, 5.41) is 4.04. The summed E-state index contributed by atoms with van der Waals surface area (Å²) >= 11 is 7.43. The smallest absolute Gasteiger partial charge is 0.274 e. The molecule has 4 rings (SSSR count). The molecule has 1 aromatic heterocycles. The number of anilines is 1. The lowest BCUT2D eigenvalue weighted by Gasteiger charge is -2.14. The van der Waals surface area contributed by atoms with Crippen LogP contribution in [-0.4, -0.2) is 21.8 Å². The van der Waals surface area contributed by atoms with Gasteiger partial charge in [-0.25, -0.2) is 4.98 Å². The first kappa shape index (κ1) is 16.4. The van der Waals surface area contributed by atoms with Crippen LogP contribution in [0.1, 0.15) is 28.9 Å². The number of hydrogen-bond donors (Lipinski definition) is 2. The molecule has 128 valence electrons. The zero-order valence-corrected chi connectivity index (χ0v) is 15.0. The van der Waals surface area contributed by atoms with E-state index in [1.165, 1.54) is 6.20 Å².